The van der Waals surface area contributed by atoms with E-state index in [1.807, 2.05) is 18.2 Å². The number of benzene rings is 2. The van der Waals surface area contributed by atoms with Crippen LogP contribution < -0.4 is 5.32 Å². The average Bonchev–Trinajstić information content (AvgIpc) is 3.22. The highest BCUT2D eigenvalue weighted by atomic mass is 16.1. The van der Waals surface area contributed by atoms with Gasteiger partial charge < -0.3 is 10.3 Å². The first kappa shape index (κ1) is 14.2. The highest BCUT2D eigenvalue weighted by Crippen LogP contribution is 2.38. The molecule has 1 aliphatic rings. The van der Waals surface area contributed by atoms with Gasteiger partial charge >= 0.3 is 0 Å². The van der Waals surface area contributed by atoms with Gasteiger partial charge in [0.1, 0.15) is 6.29 Å². The zero-order valence-electron chi connectivity index (χ0n) is 13.0. The van der Waals surface area contributed by atoms with Crippen LogP contribution in [0.4, 0.5) is 0 Å². The fourth-order valence-corrected chi connectivity index (χ4v) is 3.83. The van der Waals surface area contributed by atoms with Gasteiger partial charge in [-0.1, -0.05) is 30.3 Å². The molecule has 1 saturated heterocycles. The molecule has 4 rings (SSSR count). The normalized spacial score (nSPS) is 20.9. The van der Waals surface area contributed by atoms with Gasteiger partial charge in [-0.15, -0.1) is 0 Å². The van der Waals surface area contributed by atoms with Gasteiger partial charge in [-0.2, -0.15) is 0 Å². The molecule has 0 saturated carbocycles. The summed E-state index contributed by atoms with van der Waals surface area (Å²) < 4.78 is 0. The van der Waals surface area contributed by atoms with E-state index in [2.05, 4.69) is 46.8 Å². The SMILES string of the molecule is O=Cc1ccc2[nH]cc(C3(Cc4ccccc4)CCCN3)c2c1. The molecule has 1 aromatic heterocycles. The van der Waals surface area contributed by atoms with Crippen molar-refractivity contribution >= 4 is 17.2 Å². The van der Waals surface area contributed by atoms with E-state index in [-0.39, 0.29) is 5.54 Å². The lowest BCUT2D eigenvalue weighted by Crippen LogP contribution is -2.38. The predicted octanol–water partition coefficient (Wildman–Crippen LogP) is 3.80. The van der Waals surface area contributed by atoms with E-state index in [0.717, 1.165) is 42.1 Å². The molecule has 0 aliphatic carbocycles. The Morgan fingerprint density at radius 3 is 2.74 bits per heavy atom. The maximum atomic E-state index is 11.1. The van der Waals surface area contributed by atoms with Crippen LogP contribution in [0.25, 0.3) is 10.9 Å². The van der Waals surface area contributed by atoms with Crippen LogP contribution in [0.1, 0.15) is 34.3 Å². The van der Waals surface area contributed by atoms with Crippen molar-refractivity contribution < 1.29 is 4.79 Å². The molecule has 3 heteroatoms. The Kier molecular flexibility index (Phi) is 3.50. The number of hydrogen-bond acceptors (Lipinski definition) is 2. The van der Waals surface area contributed by atoms with Crippen LogP contribution in [0.2, 0.25) is 0 Å². The van der Waals surface area contributed by atoms with Crippen LogP contribution in [-0.2, 0) is 12.0 Å². The van der Waals surface area contributed by atoms with Crippen LogP contribution in [0.3, 0.4) is 0 Å². The molecule has 1 atom stereocenters. The summed E-state index contributed by atoms with van der Waals surface area (Å²) in [5.41, 5.74) is 4.37. The van der Waals surface area contributed by atoms with E-state index in [4.69, 9.17) is 0 Å². The Balaban J connectivity index is 1.83. The second-order valence-electron chi connectivity index (χ2n) is 6.40. The molecule has 0 amide bonds. The first-order chi connectivity index (χ1) is 11.3. The number of hydrogen-bond donors (Lipinski definition) is 2. The minimum Gasteiger partial charge on any atom is -0.361 e. The molecule has 23 heavy (non-hydrogen) atoms. The van der Waals surface area contributed by atoms with Crippen LogP contribution >= 0.6 is 0 Å². The summed E-state index contributed by atoms with van der Waals surface area (Å²) in [5.74, 6) is 0. The number of aldehydes is 1. The Bertz CT molecular complexity index is 829. The second kappa shape index (κ2) is 5.67. The van der Waals surface area contributed by atoms with Gasteiger partial charge in [-0.05, 0) is 55.1 Å². The monoisotopic (exact) mass is 304 g/mol. The van der Waals surface area contributed by atoms with Gasteiger partial charge in [0.2, 0.25) is 0 Å². The van der Waals surface area contributed by atoms with E-state index < -0.39 is 0 Å². The van der Waals surface area contributed by atoms with E-state index in [1.165, 1.54) is 17.5 Å². The average molecular weight is 304 g/mol. The van der Waals surface area contributed by atoms with Gasteiger partial charge in [-0.25, -0.2) is 0 Å². The smallest absolute Gasteiger partial charge is 0.150 e. The Morgan fingerprint density at radius 1 is 1.13 bits per heavy atom. The van der Waals surface area contributed by atoms with E-state index in [1.54, 1.807) is 0 Å². The molecule has 2 N–H and O–H groups in total. The summed E-state index contributed by atoms with van der Waals surface area (Å²) in [6, 6.07) is 16.5. The molecule has 1 fully saturated rings. The molecule has 3 aromatic rings. The molecule has 0 radical (unpaired) electrons. The van der Waals surface area contributed by atoms with E-state index in [9.17, 15) is 4.79 Å². The molecule has 1 aliphatic heterocycles. The zero-order chi connectivity index (χ0) is 15.7. The quantitative estimate of drug-likeness (QED) is 0.720. The van der Waals surface area contributed by atoms with E-state index >= 15 is 0 Å². The first-order valence-corrected chi connectivity index (χ1v) is 8.16. The lowest BCUT2D eigenvalue weighted by Gasteiger charge is -2.30. The number of fused-ring (bicyclic) bond motifs is 1. The molecule has 0 bridgehead atoms. The molecule has 116 valence electrons. The number of aromatic nitrogens is 1. The van der Waals surface area contributed by atoms with Crippen LogP contribution in [-0.4, -0.2) is 17.8 Å². The van der Waals surface area contributed by atoms with Crippen LogP contribution in [0.15, 0.2) is 54.7 Å². The Hall–Kier alpha value is -2.39. The topological polar surface area (TPSA) is 44.9 Å². The number of carbonyl (C=O) groups is 1. The fourth-order valence-electron chi connectivity index (χ4n) is 3.83. The minimum atomic E-state index is -0.0545. The number of aromatic amines is 1. The van der Waals surface area contributed by atoms with Gasteiger partial charge in [0.25, 0.3) is 0 Å². The highest BCUT2D eigenvalue weighted by molar-refractivity contribution is 5.90. The summed E-state index contributed by atoms with van der Waals surface area (Å²) in [5, 5.41) is 4.90. The van der Waals surface area contributed by atoms with Gasteiger partial charge in [-0.3, -0.25) is 4.79 Å². The number of rotatable bonds is 4. The molecule has 3 nitrogen and oxygen atoms in total. The van der Waals surface area contributed by atoms with Crippen molar-refractivity contribution in [1.82, 2.24) is 10.3 Å². The van der Waals surface area contributed by atoms with Crippen molar-refractivity contribution in [1.29, 1.82) is 0 Å². The molecule has 0 spiro atoms. The van der Waals surface area contributed by atoms with E-state index in [0.29, 0.717) is 0 Å². The van der Waals surface area contributed by atoms with Crippen LogP contribution in [0.5, 0.6) is 0 Å². The lowest BCUT2D eigenvalue weighted by atomic mass is 9.82. The van der Waals surface area contributed by atoms with Crippen molar-refractivity contribution in [2.45, 2.75) is 24.8 Å². The standard InChI is InChI=1S/C20H20N2O/c23-14-16-7-8-19-17(11-16)18(13-21-19)20(9-4-10-22-20)12-15-5-2-1-3-6-15/h1-3,5-8,11,13-14,21-22H,4,9-10,12H2. The third kappa shape index (κ3) is 2.47. The van der Waals surface area contributed by atoms with Crippen molar-refractivity contribution in [2.75, 3.05) is 6.54 Å². The minimum absolute atomic E-state index is 0.0545. The summed E-state index contributed by atoms with van der Waals surface area (Å²) >= 11 is 0. The third-order valence-corrected chi connectivity index (χ3v) is 4.95. The van der Waals surface area contributed by atoms with Crippen LogP contribution in [0, 0.1) is 0 Å². The third-order valence-electron chi connectivity index (χ3n) is 4.95. The van der Waals surface area contributed by atoms with Crippen molar-refractivity contribution in [3.8, 4) is 0 Å². The number of carbonyl (C=O) groups excluding carboxylic acids is 1. The molecular formula is C20H20N2O. The number of nitrogens with one attached hydrogen (secondary N) is 2. The zero-order valence-corrected chi connectivity index (χ0v) is 13.0. The molecule has 2 aromatic carbocycles. The van der Waals surface area contributed by atoms with Gasteiger partial charge in [0, 0.05) is 28.2 Å². The maximum Gasteiger partial charge on any atom is 0.150 e. The Morgan fingerprint density at radius 2 is 2.00 bits per heavy atom. The fraction of sp³-hybridized carbons (Fsp3) is 0.250. The van der Waals surface area contributed by atoms with Gasteiger partial charge in [0.05, 0.1) is 0 Å². The van der Waals surface area contributed by atoms with Gasteiger partial charge in [0.15, 0.2) is 0 Å². The molecule has 2 heterocycles. The number of H-pyrrole nitrogens is 1. The maximum absolute atomic E-state index is 11.1. The van der Waals surface area contributed by atoms with Crippen molar-refractivity contribution in [3.63, 3.8) is 0 Å². The summed E-state index contributed by atoms with van der Waals surface area (Å²) in [6.45, 7) is 1.03. The van der Waals surface area contributed by atoms with Crippen molar-refractivity contribution in [3.05, 3.63) is 71.4 Å². The summed E-state index contributed by atoms with van der Waals surface area (Å²) in [4.78, 5) is 14.5. The molecular weight excluding hydrogens is 284 g/mol. The van der Waals surface area contributed by atoms with Crippen molar-refractivity contribution in [2.24, 2.45) is 0 Å². The predicted molar refractivity (Wildman–Crippen MR) is 92.7 cm³/mol. The largest absolute Gasteiger partial charge is 0.361 e. The first-order valence-electron chi connectivity index (χ1n) is 8.16. The lowest BCUT2D eigenvalue weighted by molar-refractivity contribution is 0.112. The second-order valence-corrected chi connectivity index (χ2v) is 6.40. The Labute approximate surface area is 135 Å². The molecule has 1 unspecified atom stereocenters. The summed E-state index contributed by atoms with van der Waals surface area (Å²) in [6.07, 6.45) is 6.28. The highest BCUT2D eigenvalue weighted by Gasteiger charge is 2.37. The summed E-state index contributed by atoms with van der Waals surface area (Å²) in [7, 11) is 0.